The van der Waals surface area contributed by atoms with E-state index in [1.807, 2.05) is 0 Å². The molecule has 12 heavy (non-hydrogen) atoms. The molecule has 2 fully saturated rings. The molecule has 0 aliphatic carbocycles. The molecule has 2 aliphatic rings. The summed E-state index contributed by atoms with van der Waals surface area (Å²) in [6.07, 6.45) is 0. The monoisotopic (exact) mass is 349 g/mol. The van der Waals surface area contributed by atoms with Crippen LogP contribution >= 0.6 is 30.3 Å². The Kier molecular flexibility index (Phi) is 3.96. The van der Waals surface area contributed by atoms with Gasteiger partial charge in [0, 0.05) is 16.1 Å². The summed E-state index contributed by atoms with van der Waals surface area (Å²) in [6, 6.07) is 0. The third kappa shape index (κ3) is 2.19. The molecule has 2 aliphatic heterocycles. The quantitative estimate of drug-likeness (QED) is 0.373. The average Bonchev–Trinajstić information content (AvgIpc) is 2.66. The summed E-state index contributed by atoms with van der Waals surface area (Å²) in [7, 11) is -2.10. The molecule has 0 atom stereocenters. The van der Waals surface area contributed by atoms with E-state index >= 15 is 0 Å². The van der Waals surface area contributed by atoms with E-state index in [0.29, 0.717) is 0 Å². The molecule has 0 unspecified atom stereocenters. The van der Waals surface area contributed by atoms with Crippen molar-refractivity contribution in [2.24, 2.45) is 4.76 Å². The molecule has 5 nitrogen and oxygen atoms in total. The van der Waals surface area contributed by atoms with Gasteiger partial charge in [-0.3, -0.25) is 4.76 Å². The van der Waals surface area contributed by atoms with Gasteiger partial charge in [0.1, 0.15) is 0 Å². The standard InChI is InChI=1S/2C2H6N2.BrH2N.BrH.Co/c2*3-1-2-4;1-2;;/h2*3-4H,1-2H2;2H2;1H;/q2*-2;;;+5/p-1. The molecule has 0 aromatic heterocycles. The molecular weight excluding hydrogens is 337 g/mol. The van der Waals surface area contributed by atoms with Crippen LogP contribution in [0.2, 0.25) is 0 Å². The third-order valence-electron chi connectivity index (χ3n) is 1.47. The molecule has 78 valence electrons. The predicted octanol–water partition coefficient (Wildman–Crippen LogP) is -0.714. The second-order valence-electron chi connectivity index (χ2n) is 2.22. The van der Waals surface area contributed by atoms with Gasteiger partial charge in [0.25, 0.3) is 0 Å². The van der Waals surface area contributed by atoms with Gasteiger partial charge in [0.2, 0.25) is 0 Å². The summed E-state index contributed by atoms with van der Waals surface area (Å²) in [5.41, 5.74) is 0. The van der Waals surface area contributed by atoms with Gasteiger partial charge in [0.15, 0.2) is 0 Å². The van der Waals surface area contributed by atoms with Crippen molar-refractivity contribution in [1.29, 1.82) is 0 Å². The third-order valence-corrected chi connectivity index (χ3v) is 8.36. The molecule has 1 spiro atoms. The minimum atomic E-state index is -2.10. The fourth-order valence-corrected chi connectivity index (χ4v) is 6.48. The Morgan fingerprint density at radius 1 is 0.833 bits per heavy atom. The first-order valence-electron chi connectivity index (χ1n) is 3.43. The summed E-state index contributed by atoms with van der Waals surface area (Å²) in [5, 5.41) is 0. The van der Waals surface area contributed by atoms with E-state index in [-0.39, 0.29) is 0 Å². The molecular formula is C4H14Br2CoN5. The first-order valence-corrected chi connectivity index (χ1v) is 9.00. The van der Waals surface area contributed by atoms with Crippen LogP contribution in [0.4, 0.5) is 0 Å². The van der Waals surface area contributed by atoms with Crippen LogP contribution in [0.3, 0.4) is 0 Å². The van der Waals surface area contributed by atoms with E-state index in [9.17, 15) is 0 Å². The van der Waals surface area contributed by atoms with E-state index in [1.54, 1.807) is 0 Å². The van der Waals surface area contributed by atoms with Gasteiger partial charge >= 0.3 is 68.5 Å². The maximum atomic E-state index is 4.31. The van der Waals surface area contributed by atoms with Gasteiger partial charge in [-0.2, -0.15) is 0 Å². The summed E-state index contributed by atoms with van der Waals surface area (Å²) in [4.78, 5) is 0. The Balaban J connectivity index is 0.000000336. The normalized spacial score (nSPS) is 33.4. The molecule has 0 radical (unpaired) electrons. The Morgan fingerprint density at radius 3 is 1.33 bits per heavy atom. The topological polar surface area (TPSA) is 74.1 Å². The van der Waals surface area contributed by atoms with Crippen LogP contribution < -0.4 is 22.2 Å². The molecule has 0 aromatic carbocycles. The van der Waals surface area contributed by atoms with Crippen molar-refractivity contribution in [3.8, 4) is 0 Å². The van der Waals surface area contributed by atoms with Crippen LogP contribution in [0.25, 0.3) is 0 Å². The average molecular weight is 351 g/mol. The number of hydrogen-bond acceptors (Lipinski definition) is 5. The number of halogens is 2. The summed E-state index contributed by atoms with van der Waals surface area (Å²) < 4.78 is 18.0. The van der Waals surface area contributed by atoms with Gasteiger partial charge in [0.05, 0.1) is 0 Å². The van der Waals surface area contributed by atoms with Gasteiger partial charge in [-0.1, -0.05) is 0 Å². The van der Waals surface area contributed by atoms with Crippen molar-refractivity contribution in [2.75, 3.05) is 26.2 Å². The van der Waals surface area contributed by atoms with Crippen LogP contribution in [0.15, 0.2) is 0 Å². The molecule has 6 N–H and O–H groups in total. The van der Waals surface area contributed by atoms with Gasteiger partial charge in [-0.25, -0.2) is 0 Å². The molecule has 0 saturated carbocycles. The van der Waals surface area contributed by atoms with E-state index < -0.39 is 10.6 Å². The summed E-state index contributed by atoms with van der Waals surface area (Å²) in [6.45, 7) is 4.12. The fourth-order valence-electron chi connectivity index (χ4n) is 1.04. The Bertz CT molecular complexity index is 132. The molecule has 2 heterocycles. The Morgan fingerprint density at radius 2 is 1.08 bits per heavy atom. The van der Waals surface area contributed by atoms with Crippen molar-refractivity contribution < 1.29 is 10.6 Å². The number of rotatable bonds is 0. The van der Waals surface area contributed by atoms with E-state index in [4.69, 9.17) is 0 Å². The first-order chi connectivity index (χ1) is 5.71. The van der Waals surface area contributed by atoms with Gasteiger partial charge in [-0.15, -0.1) is 0 Å². The van der Waals surface area contributed by atoms with Crippen molar-refractivity contribution in [2.45, 2.75) is 0 Å². The van der Waals surface area contributed by atoms with Gasteiger partial charge in [-0.05, 0) is 0 Å². The SMILES string of the molecule is NBr.[Br][Co]12([NH]CC[NH]1)[NH]CC[NH]2. The summed E-state index contributed by atoms with van der Waals surface area (Å²) in [5.74, 6) is 0. The molecule has 0 aromatic rings. The molecule has 2 rings (SSSR count). The summed E-state index contributed by atoms with van der Waals surface area (Å²) >= 11 is 6.14. The Hall–Kier alpha value is 1.27. The van der Waals surface area contributed by atoms with Crippen LogP contribution in [-0.2, 0) is 10.6 Å². The van der Waals surface area contributed by atoms with E-state index in [2.05, 4.69) is 52.5 Å². The van der Waals surface area contributed by atoms with Gasteiger partial charge < -0.3 is 0 Å². The zero-order chi connectivity index (χ0) is 9.10. The van der Waals surface area contributed by atoms with E-state index in [0.717, 1.165) is 26.2 Å². The van der Waals surface area contributed by atoms with Crippen LogP contribution in [0.1, 0.15) is 0 Å². The minimum absolute atomic E-state index is 1.03. The zero-order valence-electron chi connectivity index (χ0n) is 6.50. The molecule has 0 bridgehead atoms. The fraction of sp³-hybridized carbons (Fsp3) is 1.00. The van der Waals surface area contributed by atoms with Crippen LogP contribution in [0, 0.1) is 0 Å². The number of nitrogens with one attached hydrogen (secondary N) is 4. The second kappa shape index (κ2) is 4.19. The van der Waals surface area contributed by atoms with Crippen molar-refractivity contribution >= 4 is 30.3 Å². The molecule has 8 heteroatoms. The first kappa shape index (κ1) is 11.3. The molecule has 0 amide bonds. The van der Waals surface area contributed by atoms with Crippen molar-refractivity contribution in [3.05, 3.63) is 0 Å². The van der Waals surface area contributed by atoms with E-state index in [1.165, 1.54) is 0 Å². The number of nitrogens with two attached hydrogens (primary N) is 1. The van der Waals surface area contributed by atoms with Crippen molar-refractivity contribution in [3.63, 3.8) is 0 Å². The Labute approximate surface area is 89.0 Å². The van der Waals surface area contributed by atoms with Crippen molar-refractivity contribution in [1.82, 2.24) is 17.5 Å². The zero-order valence-corrected chi connectivity index (χ0v) is 10.7. The second-order valence-corrected chi connectivity index (χ2v) is 10.4. The predicted molar refractivity (Wildman–Crippen MR) is 54.1 cm³/mol. The van der Waals surface area contributed by atoms with Crippen LogP contribution in [0.5, 0.6) is 0 Å². The molecule has 2 saturated heterocycles. The maximum absolute atomic E-state index is 4.31. The van der Waals surface area contributed by atoms with Crippen LogP contribution in [-0.4, -0.2) is 26.2 Å². The number of hydrogen-bond donors (Lipinski definition) is 5.